The van der Waals surface area contributed by atoms with Gasteiger partial charge < -0.3 is 9.67 Å². The summed E-state index contributed by atoms with van der Waals surface area (Å²) in [6.07, 6.45) is -4.25. The molecular formula is C19H14Cl2F3NO2. The first kappa shape index (κ1) is 19.6. The quantitative estimate of drug-likeness (QED) is 0.561. The van der Waals surface area contributed by atoms with Crippen molar-refractivity contribution in [2.75, 3.05) is 0 Å². The number of halogens is 5. The summed E-state index contributed by atoms with van der Waals surface area (Å²) in [4.78, 5) is 11.3. The van der Waals surface area contributed by atoms with E-state index >= 15 is 0 Å². The van der Waals surface area contributed by atoms with Gasteiger partial charge in [-0.25, -0.2) is 4.79 Å². The first-order valence-electron chi connectivity index (χ1n) is 7.87. The zero-order valence-electron chi connectivity index (χ0n) is 14.3. The van der Waals surface area contributed by atoms with Crippen LogP contribution in [-0.2, 0) is 19.6 Å². The van der Waals surface area contributed by atoms with Crippen molar-refractivity contribution >= 4 is 40.1 Å². The predicted molar refractivity (Wildman–Crippen MR) is 98.9 cm³/mol. The maximum atomic E-state index is 13.1. The zero-order chi connectivity index (χ0) is 20.1. The van der Waals surface area contributed by atoms with Crippen LogP contribution < -0.4 is 0 Å². The fourth-order valence-electron chi connectivity index (χ4n) is 3.10. The van der Waals surface area contributed by atoms with Gasteiger partial charge in [0.1, 0.15) is 0 Å². The Bertz CT molecular complexity index is 1070. The molecule has 142 valence electrons. The van der Waals surface area contributed by atoms with E-state index in [1.54, 1.807) is 24.6 Å². The molecule has 8 heteroatoms. The highest BCUT2D eigenvalue weighted by molar-refractivity contribution is 6.38. The van der Waals surface area contributed by atoms with Crippen molar-refractivity contribution < 1.29 is 23.1 Å². The van der Waals surface area contributed by atoms with E-state index in [9.17, 15) is 23.1 Å². The molecule has 0 saturated carbocycles. The molecule has 3 nitrogen and oxygen atoms in total. The van der Waals surface area contributed by atoms with Crippen LogP contribution in [0, 0.1) is 6.92 Å². The van der Waals surface area contributed by atoms with Gasteiger partial charge >= 0.3 is 12.1 Å². The Kier molecular flexibility index (Phi) is 4.91. The Hall–Kier alpha value is -2.18. The van der Waals surface area contributed by atoms with Crippen molar-refractivity contribution in [3.05, 3.63) is 68.3 Å². The number of rotatable bonds is 3. The van der Waals surface area contributed by atoms with Crippen LogP contribution in [-0.4, -0.2) is 15.6 Å². The number of carboxylic acid groups (broad SMARTS) is 1. The molecule has 27 heavy (non-hydrogen) atoms. The van der Waals surface area contributed by atoms with Crippen LogP contribution >= 0.6 is 23.2 Å². The minimum atomic E-state index is -4.44. The Labute approximate surface area is 162 Å². The van der Waals surface area contributed by atoms with Crippen molar-refractivity contribution in [1.82, 2.24) is 4.57 Å². The molecule has 0 radical (unpaired) electrons. The average Bonchev–Trinajstić information content (AvgIpc) is 2.87. The van der Waals surface area contributed by atoms with Gasteiger partial charge in [0.2, 0.25) is 0 Å². The smallest absolute Gasteiger partial charge is 0.416 e. The molecule has 1 N–H and O–H groups in total. The van der Waals surface area contributed by atoms with Crippen molar-refractivity contribution in [1.29, 1.82) is 0 Å². The second-order valence-electron chi connectivity index (χ2n) is 6.29. The van der Waals surface area contributed by atoms with Gasteiger partial charge in [-0.05, 0) is 48.4 Å². The maximum Gasteiger partial charge on any atom is 0.416 e. The van der Waals surface area contributed by atoms with Crippen LogP contribution in [0.1, 0.15) is 32.7 Å². The van der Waals surface area contributed by atoms with Crippen LogP contribution in [0.3, 0.4) is 0 Å². The van der Waals surface area contributed by atoms with Crippen LogP contribution in [0.4, 0.5) is 13.2 Å². The zero-order valence-corrected chi connectivity index (χ0v) is 15.8. The molecule has 0 spiro atoms. The van der Waals surface area contributed by atoms with Gasteiger partial charge in [0, 0.05) is 35.1 Å². The monoisotopic (exact) mass is 415 g/mol. The van der Waals surface area contributed by atoms with E-state index in [-0.39, 0.29) is 17.0 Å². The molecule has 0 bridgehead atoms. The first-order chi connectivity index (χ1) is 12.5. The fraction of sp³-hybridized carbons (Fsp3) is 0.211. The molecule has 0 amide bonds. The second-order valence-corrected chi connectivity index (χ2v) is 7.07. The number of hydrogen-bond donors (Lipinski definition) is 1. The normalized spacial score (nSPS) is 12.0. The number of fused-ring (bicyclic) bond motifs is 1. The highest BCUT2D eigenvalue weighted by atomic mass is 35.5. The number of aromatic nitrogens is 1. The number of nitrogens with zero attached hydrogens (tertiary/aromatic N) is 1. The lowest BCUT2D eigenvalue weighted by Crippen LogP contribution is -2.06. The van der Waals surface area contributed by atoms with E-state index < -0.39 is 17.7 Å². The lowest BCUT2D eigenvalue weighted by atomic mass is 10.0. The van der Waals surface area contributed by atoms with Gasteiger partial charge in [0.15, 0.2) is 0 Å². The van der Waals surface area contributed by atoms with E-state index in [1.807, 2.05) is 0 Å². The van der Waals surface area contributed by atoms with Crippen molar-refractivity contribution in [2.45, 2.75) is 19.5 Å². The van der Waals surface area contributed by atoms with E-state index in [0.29, 0.717) is 32.7 Å². The number of carbonyl (C=O) groups is 1. The van der Waals surface area contributed by atoms with Gasteiger partial charge in [0.25, 0.3) is 0 Å². The van der Waals surface area contributed by atoms with E-state index in [4.69, 9.17) is 23.2 Å². The molecule has 0 aliphatic carbocycles. The van der Waals surface area contributed by atoms with Gasteiger partial charge in [0.05, 0.1) is 16.1 Å². The Balaban J connectivity index is 2.15. The van der Waals surface area contributed by atoms with Gasteiger partial charge in [-0.3, -0.25) is 0 Å². The minimum Gasteiger partial charge on any atom is -0.478 e. The molecule has 0 aliphatic heterocycles. The van der Waals surface area contributed by atoms with Crippen molar-refractivity contribution in [3.63, 3.8) is 0 Å². The van der Waals surface area contributed by atoms with Crippen molar-refractivity contribution in [2.24, 2.45) is 7.05 Å². The molecule has 0 atom stereocenters. The molecule has 1 aromatic heterocycles. The second kappa shape index (κ2) is 6.77. The number of hydrogen-bond acceptors (Lipinski definition) is 1. The summed E-state index contributed by atoms with van der Waals surface area (Å²) >= 11 is 12.4. The number of aromatic carboxylic acids is 1. The third-order valence-corrected chi connectivity index (χ3v) is 5.36. The van der Waals surface area contributed by atoms with Gasteiger partial charge in [-0.15, -0.1) is 0 Å². The summed E-state index contributed by atoms with van der Waals surface area (Å²) in [5.41, 5.74) is 1.21. The summed E-state index contributed by atoms with van der Waals surface area (Å²) < 4.78 is 41.0. The standard InChI is InChI=1S/C19H14Cl2F3NO2/c1-9-5-10(19(22,23)24)6-16-13(9)7-11(25(16)2)8-14-15(20)4-3-12(17(14)21)18(26)27/h3-7H,8H2,1-2H3,(H,26,27). The highest BCUT2D eigenvalue weighted by Crippen LogP contribution is 2.36. The molecule has 3 rings (SSSR count). The summed E-state index contributed by atoms with van der Waals surface area (Å²) in [5.74, 6) is -1.18. The fourth-order valence-corrected chi connectivity index (χ4v) is 3.69. The Morgan fingerprint density at radius 3 is 2.44 bits per heavy atom. The summed E-state index contributed by atoms with van der Waals surface area (Å²) in [5, 5.41) is 10.2. The van der Waals surface area contributed by atoms with Crippen LogP contribution in [0.15, 0.2) is 30.3 Å². The third kappa shape index (κ3) is 3.51. The van der Waals surface area contributed by atoms with Crippen LogP contribution in [0.25, 0.3) is 10.9 Å². The Morgan fingerprint density at radius 1 is 1.19 bits per heavy atom. The third-order valence-electron chi connectivity index (χ3n) is 4.57. The molecule has 1 heterocycles. The number of carboxylic acids is 1. The predicted octanol–water partition coefficient (Wildman–Crippen LogP) is 6.10. The molecule has 0 saturated heterocycles. The molecule has 0 fully saturated rings. The SMILES string of the molecule is Cc1cc(C(F)(F)F)cc2c1cc(Cc1c(Cl)ccc(C(=O)O)c1Cl)n2C. The topological polar surface area (TPSA) is 42.2 Å². The maximum absolute atomic E-state index is 13.1. The molecule has 0 aliphatic rings. The number of benzene rings is 2. The summed E-state index contributed by atoms with van der Waals surface area (Å²) in [6.45, 7) is 1.62. The van der Waals surface area contributed by atoms with Crippen molar-refractivity contribution in [3.8, 4) is 0 Å². The number of aryl methyl sites for hydroxylation is 2. The lowest BCUT2D eigenvalue weighted by molar-refractivity contribution is -0.137. The van der Waals surface area contributed by atoms with E-state index in [0.717, 1.165) is 12.1 Å². The van der Waals surface area contributed by atoms with Gasteiger partial charge in [-0.2, -0.15) is 13.2 Å². The molecule has 3 aromatic rings. The average molecular weight is 416 g/mol. The largest absolute Gasteiger partial charge is 0.478 e. The van der Waals surface area contributed by atoms with Gasteiger partial charge in [-0.1, -0.05) is 23.2 Å². The van der Waals surface area contributed by atoms with E-state index in [2.05, 4.69) is 0 Å². The van der Waals surface area contributed by atoms with Crippen LogP contribution in [0.5, 0.6) is 0 Å². The molecule has 2 aromatic carbocycles. The lowest BCUT2D eigenvalue weighted by Gasteiger charge is -2.11. The Morgan fingerprint density at radius 2 is 1.85 bits per heavy atom. The first-order valence-corrected chi connectivity index (χ1v) is 8.62. The summed E-state index contributed by atoms with van der Waals surface area (Å²) in [6, 6.07) is 6.74. The molecule has 0 unspecified atom stereocenters. The highest BCUT2D eigenvalue weighted by Gasteiger charge is 2.31. The summed E-state index contributed by atoms with van der Waals surface area (Å²) in [7, 11) is 1.65. The minimum absolute atomic E-state index is 0.0213. The van der Waals surface area contributed by atoms with Crippen LogP contribution in [0.2, 0.25) is 10.0 Å². The molecular weight excluding hydrogens is 402 g/mol. The van der Waals surface area contributed by atoms with E-state index in [1.165, 1.54) is 12.1 Å². The number of alkyl halides is 3.